The molecule has 7 heavy (non-hydrogen) atoms. The Morgan fingerprint density at radius 2 is 2.43 bits per heavy atom. The van der Waals surface area contributed by atoms with Gasteiger partial charge >= 0.3 is 0 Å². The highest BCUT2D eigenvalue weighted by molar-refractivity contribution is 6.29. The van der Waals surface area contributed by atoms with Crippen LogP contribution in [-0.2, 0) is 4.79 Å². The van der Waals surface area contributed by atoms with Gasteiger partial charge in [-0.1, -0.05) is 6.92 Å². The molecule has 1 unspecified atom stereocenters. The number of carbonyl (C=O) groups is 1. The fourth-order valence-electron chi connectivity index (χ4n) is 0.167. The summed E-state index contributed by atoms with van der Waals surface area (Å²) in [5.41, 5.74) is 0. The molecular formula is C4H6ClO2-. The Bertz CT molecular complexity index is 72.1. The quantitative estimate of drug-likeness (QED) is 0.473. The Kier molecular flexibility index (Phi) is 2.76. The molecular weight excluding hydrogens is 115 g/mol. The normalized spacial score (nSPS) is 13.4. The van der Waals surface area contributed by atoms with E-state index in [0.29, 0.717) is 6.42 Å². The number of rotatable bonds is 2. The molecule has 3 heteroatoms. The minimum absolute atomic E-state index is 0.421. The molecule has 0 amide bonds. The Morgan fingerprint density at radius 1 is 2.00 bits per heavy atom. The van der Waals surface area contributed by atoms with Gasteiger partial charge in [0.15, 0.2) is 0 Å². The third-order valence-corrected chi connectivity index (χ3v) is 1.10. The van der Waals surface area contributed by atoms with Gasteiger partial charge in [0.2, 0.25) is 0 Å². The standard InChI is InChI=1S/C4H7ClO2/c1-2-3(5)4(6)7/h3H,2H2,1H3,(H,6,7)/p-1. The van der Waals surface area contributed by atoms with Crippen LogP contribution in [0.4, 0.5) is 0 Å². The SMILES string of the molecule is CCC(Cl)C(=O)[O-]. The van der Waals surface area contributed by atoms with Crippen LogP contribution in [0.3, 0.4) is 0 Å². The lowest BCUT2D eigenvalue weighted by molar-refractivity contribution is -0.305. The van der Waals surface area contributed by atoms with Crippen LogP contribution in [0, 0.1) is 0 Å². The summed E-state index contributed by atoms with van der Waals surface area (Å²) < 4.78 is 0. The molecule has 1 atom stereocenters. The third-order valence-electron chi connectivity index (χ3n) is 0.614. The fraction of sp³-hybridized carbons (Fsp3) is 0.750. The summed E-state index contributed by atoms with van der Waals surface area (Å²) in [4.78, 5) is 9.69. The van der Waals surface area contributed by atoms with Crippen LogP contribution in [-0.4, -0.2) is 11.3 Å². The van der Waals surface area contributed by atoms with Crippen LogP contribution in [0.5, 0.6) is 0 Å². The largest absolute Gasteiger partial charge is 0.549 e. The molecule has 2 nitrogen and oxygen atoms in total. The van der Waals surface area contributed by atoms with Crippen molar-refractivity contribution >= 4 is 17.6 Å². The highest BCUT2D eigenvalue weighted by atomic mass is 35.5. The molecule has 0 saturated heterocycles. The van der Waals surface area contributed by atoms with E-state index in [1.807, 2.05) is 0 Å². The summed E-state index contributed by atoms with van der Waals surface area (Å²) in [6.45, 7) is 1.69. The van der Waals surface area contributed by atoms with E-state index in [9.17, 15) is 9.90 Å². The first-order valence-corrected chi connectivity index (χ1v) is 2.47. The summed E-state index contributed by atoms with van der Waals surface area (Å²) in [5, 5.41) is 8.87. The summed E-state index contributed by atoms with van der Waals surface area (Å²) in [7, 11) is 0. The molecule has 0 spiro atoms. The molecule has 0 rings (SSSR count). The molecule has 0 N–H and O–H groups in total. The van der Waals surface area contributed by atoms with Gasteiger partial charge in [0, 0.05) is 0 Å². The average Bonchev–Trinajstić information content (AvgIpc) is 1.65. The van der Waals surface area contributed by atoms with Crippen molar-refractivity contribution in [2.75, 3.05) is 0 Å². The fourth-order valence-corrected chi connectivity index (χ4v) is 0.167. The number of alkyl halides is 1. The Labute approximate surface area is 47.1 Å². The maximum atomic E-state index is 9.69. The van der Waals surface area contributed by atoms with E-state index in [-0.39, 0.29) is 0 Å². The zero-order valence-corrected chi connectivity index (χ0v) is 4.73. The maximum Gasteiger partial charge on any atom is 0.0728 e. The molecule has 0 aromatic rings. The van der Waals surface area contributed by atoms with Crippen LogP contribution in [0.15, 0.2) is 0 Å². The monoisotopic (exact) mass is 121 g/mol. The minimum Gasteiger partial charge on any atom is -0.549 e. The molecule has 0 aromatic heterocycles. The molecule has 0 heterocycles. The lowest BCUT2D eigenvalue weighted by atomic mass is 10.3. The van der Waals surface area contributed by atoms with Crippen LogP contribution >= 0.6 is 11.6 Å². The van der Waals surface area contributed by atoms with Gasteiger partial charge in [-0.3, -0.25) is 0 Å². The molecule has 0 bridgehead atoms. The van der Waals surface area contributed by atoms with Crippen molar-refractivity contribution < 1.29 is 9.90 Å². The van der Waals surface area contributed by atoms with E-state index >= 15 is 0 Å². The molecule has 0 radical (unpaired) electrons. The van der Waals surface area contributed by atoms with Crippen molar-refractivity contribution in [1.82, 2.24) is 0 Å². The molecule has 0 aromatic carbocycles. The Balaban J connectivity index is 3.34. The molecule has 0 saturated carbocycles. The van der Waals surface area contributed by atoms with Gasteiger partial charge in [-0.2, -0.15) is 0 Å². The molecule has 0 aliphatic rings. The van der Waals surface area contributed by atoms with E-state index in [2.05, 4.69) is 0 Å². The second-order valence-corrected chi connectivity index (χ2v) is 1.72. The number of hydrogen-bond donors (Lipinski definition) is 0. The van der Waals surface area contributed by atoms with Crippen LogP contribution in [0.2, 0.25) is 0 Å². The van der Waals surface area contributed by atoms with Crippen molar-refractivity contribution in [2.24, 2.45) is 0 Å². The number of halogens is 1. The predicted molar refractivity (Wildman–Crippen MR) is 24.9 cm³/mol. The maximum absolute atomic E-state index is 9.69. The molecule has 0 aliphatic heterocycles. The lowest BCUT2D eigenvalue weighted by Crippen LogP contribution is -2.31. The Hall–Kier alpha value is -0.240. The molecule has 42 valence electrons. The average molecular weight is 122 g/mol. The van der Waals surface area contributed by atoms with Crippen LogP contribution in [0.1, 0.15) is 13.3 Å². The van der Waals surface area contributed by atoms with Crippen molar-refractivity contribution in [3.05, 3.63) is 0 Å². The van der Waals surface area contributed by atoms with Crippen molar-refractivity contribution in [3.8, 4) is 0 Å². The summed E-state index contributed by atoms with van der Waals surface area (Å²) in [6.07, 6.45) is 0.421. The first kappa shape index (κ1) is 6.76. The molecule has 0 aliphatic carbocycles. The Morgan fingerprint density at radius 3 is 2.43 bits per heavy atom. The van der Waals surface area contributed by atoms with Gasteiger partial charge in [-0.05, 0) is 6.42 Å². The first-order chi connectivity index (χ1) is 3.18. The first-order valence-electron chi connectivity index (χ1n) is 2.03. The van der Waals surface area contributed by atoms with Gasteiger partial charge in [0.25, 0.3) is 0 Å². The van der Waals surface area contributed by atoms with E-state index in [0.717, 1.165) is 0 Å². The van der Waals surface area contributed by atoms with Gasteiger partial charge < -0.3 is 9.90 Å². The van der Waals surface area contributed by atoms with Crippen molar-refractivity contribution in [3.63, 3.8) is 0 Å². The zero-order valence-electron chi connectivity index (χ0n) is 3.98. The number of hydrogen-bond acceptors (Lipinski definition) is 2. The van der Waals surface area contributed by atoms with Gasteiger partial charge in [0.05, 0.1) is 11.3 Å². The van der Waals surface area contributed by atoms with Crippen LogP contribution in [0.25, 0.3) is 0 Å². The van der Waals surface area contributed by atoms with Crippen molar-refractivity contribution in [2.45, 2.75) is 18.7 Å². The summed E-state index contributed by atoms with van der Waals surface area (Å²) in [5.74, 6) is -1.19. The second kappa shape index (κ2) is 2.86. The highest BCUT2D eigenvalue weighted by Crippen LogP contribution is 1.96. The minimum atomic E-state index is -1.19. The van der Waals surface area contributed by atoms with E-state index in [4.69, 9.17) is 11.6 Å². The van der Waals surface area contributed by atoms with Gasteiger partial charge in [-0.25, -0.2) is 0 Å². The number of aliphatic carboxylic acids is 1. The highest BCUT2D eigenvalue weighted by Gasteiger charge is 1.97. The lowest BCUT2D eigenvalue weighted by Gasteiger charge is -2.04. The van der Waals surface area contributed by atoms with Crippen molar-refractivity contribution in [1.29, 1.82) is 0 Å². The number of carboxylic acid groups (broad SMARTS) is 1. The van der Waals surface area contributed by atoms with Gasteiger partial charge in [0.1, 0.15) is 0 Å². The van der Waals surface area contributed by atoms with E-state index in [1.54, 1.807) is 6.92 Å². The smallest absolute Gasteiger partial charge is 0.0728 e. The summed E-state index contributed by atoms with van der Waals surface area (Å²) in [6, 6.07) is 0. The van der Waals surface area contributed by atoms with Gasteiger partial charge in [-0.15, -0.1) is 11.6 Å². The topological polar surface area (TPSA) is 40.1 Å². The number of carboxylic acids is 1. The second-order valence-electron chi connectivity index (χ2n) is 1.19. The third kappa shape index (κ3) is 2.45. The summed E-state index contributed by atoms with van der Waals surface area (Å²) >= 11 is 5.14. The molecule has 0 fully saturated rings. The van der Waals surface area contributed by atoms with E-state index in [1.165, 1.54) is 0 Å². The van der Waals surface area contributed by atoms with Crippen LogP contribution < -0.4 is 5.11 Å². The van der Waals surface area contributed by atoms with E-state index < -0.39 is 11.3 Å². The predicted octanol–water partition coefficient (Wildman–Crippen LogP) is -0.246. The zero-order chi connectivity index (χ0) is 5.86. The number of carbonyl (C=O) groups excluding carboxylic acids is 1.